The summed E-state index contributed by atoms with van der Waals surface area (Å²) in [4.78, 5) is 12.6. The van der Waals surface area contributed by atoms with Gasteiger partial charge in [0.2, 0.25) is 0 Å². The van der Waals surface area contributed by atoms with Crippen molar-refractivity contribution >= 4 is 5.97 Å². The number of hydrogen-bond donors (Lipinski definition) is 1. The predicted octanol–water partition coefficient (Wildman–Crippen LogP) is 4.18. The Labute approximate surface area is 141 Å². The Kier molecular flexibility index (Phi) is 3.56. The average molecular weight is 322 g/mol. The maximum Gasteiger partial charge on any atom is 0.309 e. The summed E-state index contributed by atoms with van der Waals surface area (Å²) in [6.45, 7) is 14.3. The first-order valence-electron chi connectivity index (χ1n) is 9.31. The predicted molar refractivity (Wildman–Crippen MR) is 90.8 cm³/mol. The molecule has 0 aromatic heterocycles. The molecule has 5 unspecified atom stereocenters. The lowest BCUT2D eigenvalue weighted by atomic mass is 9.67. The molecule has 3 nitrogen and oxygen atoms in total. The van der Waals surface area contributed by atoms with Crippen LogP contribution in [0.3, 0.4) is 0 Å². The molecule has 0 heterocycles. The van der Waals surface area contributed by atoms with Crippen molar-refractivity contribution in [2.24, 2.45) is 34.5 Å². The molecule has 0 spiro atoms. The fourth-order valence-electron chi connectivity index (χ4n) is 6.19. The van der Waals surface area contributed by atoms with Crippen LogP contribution in [-0.2, 0) is 9.53 Å². The third-order valence-corrected chi connectivity index (χ3v) is 8.13. The van der Waals surface area contributed by atoms with Crippen molar-refractivity contribution in [3.05, 3.63) is 0 Å². The number of carbonyl (C=O) groups is 1. The Hall–Kier alpha value is -0.570. The fourth-order valence-corrected chi connectivity index (χ4v) is 6.19. The molecule has 0 aromatic rings. The fraction of sp³-hybridized carbons (Fsp3) is 0.950. The summed E-state index contributed by atoms with van der Waals surface area (Å²) in [6, 6.07) is 0. The van der Waals surface area contributed by atoms with E-state index >= 15 is 0 Å². The van der Waals surface area contributed by atoms with E-state index < -0.39 is 11.2 Å². The highest BCUT2D eigenvalue weighted by molar-refractivity contribution is 5.72. The topological polar surface area (TPSA) is 46.5 Å². The van der Waals surface area contributed by atoms with E-state index in [4.69, 9.17) is 4.74 Å². The summed E-state index contributed by atoms with van der Waals surface area (Å²) >= 11 is 0. The summed E-state index contributed by atoms with van der Waals surface area (Å²) in [5.74, 6) is 1.35. The van der Waals surface area contributed by atoms with E-state index in [1.807, 2.05) is 20.8 Å². The number of carbonyl (C=O) groups excluding carboxylic acids is 1. The quantitative estimate of drug-likeness (QED) is 0.772. The lowest BCUT2D eigenvalue weighted by Crippen LogP contribution is -2.48. The van der Waals surface area contributed by atoms with Gasteiger partial charge in [0.05, 0.1) is 11.5 Å². The van der Waals surface area contributed by atoms with Crippen LogP contribution in [0.5, 0.6) is 0 Å². The molecule has 3 heteroatoms. The minimum Gasteiger partial charge on any atom is -0.459 e. The average Bonchev–Trinajstić information content (AvgIpc) is 3.07. The van der Waals surface area contributed by atoms with Crippen LogP contribution in [0.2, 0.25) is 0 Å². The first-order valence-corrected chi connectivity index (χ1v) is 9.31. The first-order chi connectivity index (χ1) is 10.4. The van der Waals surface area contributed by atoms with Crippen molar-refractivity contribution < 1.29 is 14.6 Å². The van der Waals surface area contributed by atoms with Crippen molar-refractivity contribution in [1.82, 2.24) is 0 Å². The van der Waals surface area contributed by atoms with E-state index in [1.54, 1.807) is 0 Å². The van der Waals surface area contributed by atoms with E-state index in [1.165, 1.54) is 6.42 Å². The van der Waals surface area contributed by atoms with Crippen molar-refractivity contribution in [1.29, 1.82) is 0 Å². The molecule has 0 saturated heterocycles. The SMILES string of the molecule is CC(C)C(C)C(=O)OC(C)(C)C12CC3CC1CC3(C(C)(C)O)C2. The minimum atomic E-state index is -0.643. The third-order valence-electron chi connectivity index (χ3n) is 8.13. The van der Waals surface area contributed by atoms with Crippen LogP contribution in [0.15, 0.2) is 0 Å². The van der Waals surface area contributed by atoms with Gasteiger partial charge in [-0.3, -0.25) is 4.79 Å². The van der Waals surface area contributed by atoms with Crippen LogP contribution in [0, 0.1) is 34.5 Å². The molecule has 4 aliphatic carbocycles. The van der Waals surface area contributed by atoms with Crippen LogP contribution in [-0.4, -0.2) is 22.3 Å². The van der Waals surface area contributed by atoms with Gasteiger partial charge < -0.3 is 9.84 Å². The van der Waals surface area contributed by atoms with Gasteiger partial charge in [-0.15, -0.1) is 0 Å². The Morgan fingerprint density at radius 1 is 1.09 bits per heavy atom. The molecule has 0 radical (unpaired) electrons. The van der Waals surface area contributed by atoms with Crippen molar-refractivity contribution in [2.45, 2.75) is 85.4 Å². The molecule has 4 rings (SSSR count). The second-order valence-electron chi connectivity index (χ2n) is 10.0. The molecule has 5 atom stereocenters. The van der Waals surface area contributed by atoms with E-state index in [0.29, 0.717) is 17.8 Å². The van der Waals surface area contributed by atoms with Crippen LogP contribution < -0.4 is 0 Å². The number of rotatable bonds is 5. The standard InChI is InChI=1S/C20H34O3/c1-12(2)13(3)16(21)23-18(6,7)20-10-14-8-15(20)9-19(14,11-20)17(4,5)22/h12-15,22H,8-11H2,1-7H3. The summed E-state index contributed by atoms with van der Waals surface area (Å²) in [6.07, 6.45) is 4.42. The molecule has 4 fully saturated rings. The number of esters is 1. The maximum atomic E-state index is 12.6. The zero-order chi connectivity index (χ0) is 17.4. The zero-order valence-corrected chi connectivity index (χ0v) is 15.9. The van der Waals surface area contributed by atoms with Crippen LogP contribution in [0.25, 0.3) is 0 Å². The molecular weight excluding hydrogens is 288 g/mol. The number of ether oxygens (including phenoxy) is 1. The highest BCUT2D eigenvalue weighted by Gasteiger charge is 2.77. The number of hydrogen-bond acceptors (Lipinski definition) is 3. The summed E-state index contributed by atoms with van der Waals surface area (Å²) < 4.78 is 6.10. The normalized spacial score (nSPS) is 40.2. The lowest BCUT2D eigenvalue weighted by Gasteiger charge is -2.45. The second-order valence-corrected chi connectivity index (χ2v) is 10.0. The molecule has 23 heavy (non-hydrogen) atoms. The molecule has 0 aliphatic heterocycles. The molecule has 0 aromatic carbocycles. The van der Waals surface area contributed by atoms with Crippen LogP contribution >= 0.6 is 0 Å². The van der Waals surface area contributed by atoms with Gasteiger partial charge in [0.15, 0.2) is 0 Å². The monoisotopic (exact) mass is 322 g/mol. The van der Waals surface area contributed by atoms with Crippen LogP contribution in [0.4, 0.5) is 0 Å². The smallest absolute Gasteiger partial charge is 0.309 e. The van der Waals surface area contributed by atoms with E-state index in [2.05, 4.69) is 27.7 Å². The minimum absolute atomic E-state index is 0.0327. The van der Waals surface area contributed by atoms with Gasteiger partial charge in [0.25, 0.3) is 0 Å². The zero-order valence-electron chi connectivity index (χ0n) is 15.9. The van der Waals surface area contributed by atoms with Crippen LogP contribution in [0.1, 0.15) is 74.1 Å². The third kappa shape index (κ3) is 2.08. The van der Waals surface area contributed by atoms with E-state index in [0.717, 1.165) is 19.3 Å². The maximum absolute atomic E-state index is 12.6. The molecule has 4 bridgehead atoms. The van der Waals surface area contributed by atoms with Gasteiger partial charge in [-0.05, 0) is 71.1 Å². The summed E-state index contributed by atoms with van der Waals surface area (Å²) in [5, 5.41) is 10.8. The van der Waals surface area contributed by atoms with Crippen molar-refractivity contribution in [3.63, 3.8) is 0 Å². The highest BCUT2D eigenvalue weighted by atomic mass is 16.6. The Morgan fingerprint density at radius 2 is 1.61 bits per heavy atom. The Morgan fingerprint density at radius 3 is 2.00 bits per heavy atom. The van der Waals surface area contributed by atoms with Crippen molar-refractivity contribution in [2.75, 3.05) is 0 Å². The largest absolute Gasteiger partial charge is 0.459 e. The molecule has 4 saturated carbocycles. The molecule has 132 valence electrons. The van der Waals surface area contributed by atoms with Gasteiger partial charge >= 0.3 is 5.97 Å². The molecule has 4 aliphatic rings. The highest BCUT2D eigenvalue weighted by Crippen LogP contribution is 2.81. The summed E-state index contributed by atoms with van der Waals surface area (Å²) in [7, 11) is 0. The van der Waals surface area contributed by atoms with E-state index in [9.17, 15) is 9.90 Å². The first kappa shape index (κ1) is 17.3. The van der Waals surface area contributed by atoms with Gasteiger partial charge in [-0.25, -0.2) is 0 Å². The van der Waals surface area contributed by atoms with Crippen molar-refractivity contribution in [3.8, 4) is 0 Å². The van der Waals surface area contributed by atoms with Gasteiger partial charge in [0, 0.05) is 10.8 Å². The van der Waals surface area contributed by atoms with Gasteiger partial charge in [-0.1, -0.05) is 20.8 Å². The summed E-state index contributed by atoms with van der Waals surface area (Å²) in [5.41, 5.74) is -0.999. The Balaban J connectivity index is 1.84. The Bertz CT molecular complexity index is 515. The second kappa shape index (κ2) is 4.74. The van der Waals surface area contributed by atoms with E-state index in [-0.39, 0.29) is 22.7 Å². The van der Waals surface area contributed by atoms with Gasteiger partial charge in [0.1, 0.15) is 5.60 Å². The van der Waals surface area contributed by atoms with Gasteiger partial charge in [-0.2, -0.15) is 0 Å². The number of aliphatic hydroxyl groups is 1. The lowest BCUT2D eigenvalue weighted by molar-refractivity contribution is -0.179. The molecular formula is C20H34O3. The molecule has 1 N–H and O–H groups in total. The molecule has 0 amide bonds.